The van der Waals surface area contributed by atoms with Gasteiger partial charge in [-0.2, -0.15) is 0 Å². The number of nitrogens with zero attached hydrogens (tertiary/aromatic N) is 1. The molecule has 0 spiro atoms. The van der Waals surface area contributed by atoms with Gasteiger partial charge in [0.05, 0.1) is 5.52 Å². The smallest absolute Gasteiger partial charge is 0.254 e. The van der Waals surface area contributed by atoms with E-state index < -0.39 is 5.91 Å². The third-order valence-electron chi connectivity index (χ3n) is 3.96. The van der Waals surface area contributed by atoms with Gasteiger partial charge in [-0.15, -0.1) is 0 Å². The standard InChI is InChI=1S/C18H15ClN2O2/c1-21-14-5-3-2-4-13(14)17(22)16(18(20)23)15(21)10-11-6-8-12(19)9-7-11/h2-9H,10H2,1H3,(H2,20,23). The summed E-state index contributed by atoms with van der Waals surface area (Å²) in [4.78, 5) is 24.5. The zero-order valence-corrected chi connectivity index (χ0v) is 13.3. The molecule has 0 aliphatic heterocycles. The van der Waals surface area contributed by atoms with Gasteiger partial charge in [-0.1, -0.05) is 35.9 Å². The quantitative estimate of drug-likeness (QED) is 0.804. The van der Waals surface area contributed by atoms with E-state index in [1.807, 2.05) is 35.9 Å². The zero-order valence-electron chi connectivity index (χ0n) is 12.5. The second kappa shape index (κ2) is 5.89. The number of aryl methyl sites for hydroxylation is 1. The Morgan fingerprint density at radius 3 is 2.43 bits per heavy atom. The topological polar surface area (TPSA) is 65.1 Å². The summed E-state index contributed by atoms with van der Waals surface area (Å²) in [7, 11) is 1.83. The first-order valence-electron chi connectivity index (χ1n) is 7.14. The van der Waals surface area contributed by atoms with Gasteiger partial charge < -0.3 is 10.3 Å². The van der Waals surface area contributed by atoms with Crippen molar-refractivity contribution < 1.29 is 4.79 Å². The van der Waals surface area contributed by atoms with Crippen LogP contribution in [0.2, 0.25) is 5.02 Å². The SMILES string of the molecule is Cn1c(Cc2ccc(Cl)cc2)c(C(N)=O)c(=O)c2ccccc21. The molecule has 5 heteroatoms. The van der Waals surface area contributed by atoms with Crippen LogP contribution in [0, 0.1) is 0 Å². The van der Waals surface area contributed by atoms with Crippen LogP contribution in [0.25, 0.3) is 10.9 Å². The maximum Gasteiger partial charge on any atom is 0.254 e. The van der Waals surface area contributed by atoms with E-state index in [-0.39, 0.29) is 11.0 Å². The number of para-hydroxylation sites is 1. The molecule has 0 saturated carbocycles. The van der Waals surface area contributed by atoms with Crippen LogP contribution >= 0.6 is 11.6 Å². The van der Waals surface area contributed by atoms with Crippen LogP contribution < -0.4 is 11.2 Å². The van der Waals surface area contributed by atoms with Gasteiger partial charge in [0.25, 0.3) is 5.91 Å². The molecule has 0 fully saturated rings. The summed E-state index contributed by atoms with van der Waals surface area (Å²) in [5, 5.41) is 1.12. The number of hydrogen-bond donors (Lipinski definition) is 1. The molecule has 23 heavy (non-hydrogen) atoms. The molecular formula is C18H15ClN2O2. The second-order valence-electron chi connectivity index (χ2n) is 5.39. The molecule has 0 aliphatic carbocycles. The number of amides is 1. The largest absolute Gasteiger partial charge is 0.365 e. The van der Waals surface area contributed by atoms with Crippen molar-refractivity contribution >= 4 is 28.4 Å². The highest BCUT2D eigenvalue weighted by Gasteiger charge is 2.19. The monoisotopic (exact) mass is 326 g/mol. The van der Waals surface area contributed by atoms with Crippen LogP contribution in [-0.4, -0.2) is 10.5 Å². The van der Waals surface area contributed by atoms with Gasteiger partial charge in [-0.3, -0.25) is 9.59 Å². The molecule has 4 nitrogen and oxygen atoms in total. The van der Waals surface area contributed by atoms with Crippen molar-refractivity contribution in [3.05, 3.63) is 80.6 Å². The second-order valence-corrected chi connectivity index (χ2v) is 5.83. The lowest BCUT2D eigenvalue weighted by molar-refractivity contribution is 0.0998. The number of pyridine rings is 1. The Bertz CT molecular complexity index is 959. The van der Waals surface area contributed by atoms with Gasteiger partial charge in [-0.05, 0) is 29.8 Å². The predicted octanol–water partition coefficient (Wildman–Crippen LogP) is 2.88. The summed E-state index contributed by atoms with van der Waals surface area (Å²) in [5.74, 6) is -0.708. The number of rotatable bonds is 3. The maximum atomic E-state index is 12.7. The first kappa shape index (κ1) is 15.3. The van der Waals surface area contributed by atoms with Crippen molar-refractivity contribution in [2.45, 2.75) is 6.42 Å². The molecule has 2 aromatic carbocycles. The lowest BCUT2D eigenvalue weighted by atomic mass is 10.0. The summed E-state index contributed by atoms with van der Waals surface area (Å²) in [6.45, 7) is 0. The molecule has 0 radical (unpaired) electrons. The van der Waals surface area contributed by atoms with Crippen molar-refractivity contribution in [3.63, 3.8) is 0 Å². The Morgan fingerprint density at radius 2 is 1.78 bits per heavy atom. The van der Waals surface area contributed by atoms with Crippen molar-refractivity contribution in [2.24, 2.45) is 12.8 Å². The summed E-state index contributed by atoms with van der Waals surface area (Å²) >= 11 is 5.90. The molecule has 2 N–H and O–H groups in total. The van der Waals surface area contributed by atoms with Gasteiger partial charge >= 0.3 is 0 Å². The normalized spacial score (nSPS) is 10.9. The minimum atomic E-state index is -0.708. The Balaban J connectivity index is 2.28. The van der Waals surface area contributed by atoms with Crippen molar-refractivity contribution in [3.8, 4) is 0 Å². The van der Waals surface area contributed by atoms with Gasteiger partial charge in [0.1, 0.15) is 5.56 Å². The van der Waals surface area contributed by atoms with Gasteiger partial charge in [-0.25, -0.2) is 0 Å². The molecule has 1 amide bonds. The summed E-state index contributed by atoms with van der Waals surface area (Å²) < 4.78 is 1.85. The predicted molar refractivity (Wildman–Crippen MR) is 92.0 cm³/mol. The fourth-order valence-corrected chi connectivity index (χ4v) is 2.92. The first-order chi connectivity index (χ1) is 11.0. The van der Waals surface area contributed by atoms with Gasteiger partial charge in [0.2, 0.25) is 5.43 Å². The first-order valence-corrected chi connectivity index (χ1v) is 7.51. The Morgan fingerprint density at radius 1 is 1.13 bits per heavy atom. The van der Waals surface area contributed by atoms with E-state index >= 15 is 0 Å². The van der Waals surface area contributed by atoms with Crippen molar-refractivity contribution in [1.29, 1.82) is 0 Å². The van der Waals surface area contributed by atoms with Crippen molar-refractivity contribution in [1.82, 2.24) is 4.57 Å². The number of benzene rings is 2. The summed E-state index contributed by atoms with van der Waals surface area (Å²) in [6.07, 6.45) is 0.423. The van der Waals surface area contributed by atoms with Crippen LogP contribution in [0.3, 0.4) is 0 Å². The average Bonchev–Trinajstić information content (AvgIpc) is 2.54. The number of nitrogens with two attached hydrogens (primary N) is 1. The number of hydrogen-bond acceptors (Lipinski definition) is 2. The van der Waals surface area contributed by atoms with Crippen LogP contribution in [0.5, 0.6) is 0 Å². The van der Waals surface area contributed by atoms with E-state index in [0.29, 0.717) is 22.5 Å². The van der Waals surface area contributed by atoms with E-state index in [4.69, 9.17) is 17.3 Å². The molecule has 116 valence electrons. The van der Waals surface area contributed by atoms with E-state index in [1.54, 1.807) is 24.3 Å². The van der Waals surface area contributed by atoms with Gasteiger partial charge in [0, 0.05) is 29.6 Å². The van der Waals surface area contributed by atoms with Crippen LogP contribution in [0.1, 0.15) is 21.6 Å². The fraction of sp³-hybridized carbons (Fsp3) is 0.111. The molecule has 1 aromatic heterocycles. The van der Waals surface area contributed by atoms with E-state index in [1.165, 1.54) is 0 Å². The van der Waals surface area contributed by atoms with Crippen LogP contribution in [0.4, 0.5) is 0 Å². The molecule has 1 heterocycles. The summed E-state index contributed by atoms with van der Waals surface area (Å²) in [5.41, 5.74) is 7.52. The Kier molecular flexibility index (Phi) is 3.92. The Hall–Kier alpha value is -2.59. The zero-order chi connectivity index (χ0) is 16.6. The minimum Gasteiger partial charge on any atom is -0.365 e. The van der Waals surface area contributed by atoms with Crippen molar-refractivity contribution in [2.75, 3.05) is 0 Å². The number of fused-ring (bicyclic) bond motifs is 1. The molecular weight excluding hydrogens is 312 g/mol. The molecule has 0 unspecified atom stereocenters. The number of primary amides is 1. The highest BCUT2D eigenvalue weighted by Crippen LogP contribution is 2.19. The number of halogens is 1. The number of carbonyl (C=O) groups excluding carboxylic acids is 1. The van der Waals surface area contributed by atoms with Gasteiger partial charge in [0.15, 0.2) is 0 Å². The number of carbonyl (C=O) groups is 1. The molecule has 0 atom stereocenters. The molecule has 0 bridgehead atoms. The molecule has 0 saturated heterocycles. The lowest BCUT2D eigenvalue weighted by Crippen LogP contribution is -2.27. The lowest BCUT2D eigenvalue weighted by Gasteiger charge is -2.16. The average molecular weight is 327 g/mol. The number of aromatic nitrogens is 1. The molecule has 3 rings (SSSR count). The maximum absolute atomic E-state index is 12.7. The Labute approximate surface area is 138 Å². The van der Waals surface area contributed by atoms with Crippen LogP contribution in [-0.2, 0) is 13.5 Å². The van der Waals surface area contributed by atoms with E-state index in [2.05, 4.69) is 0 Å². The highest BCUT2D eigenvalue weighted by atomic mass is 35.5. The minimum absolute atomic E-state index is 0.0427. The van der Waals surface area contributed by atoms with Crippen LogP contribution in [0.15, 0.2) is 53.3 Å². The summed E-state index contributed by atoms with van der Waals surface area (Å²) in [6, 6.07) is 14.5. The highest BCUT2D eigenvalue weighted by molar-refractivity contribution is 6.30. The van der Waals surface area contributed by atoms with E-state index in [0.717, 1.165) is 11.1 Å². The third kappa shape index (κ3) is 2.73. The molecule has 3 aromatic rings. The fourth-order valence-electron chi connectivity index (χ4n) is 2.79. The molecule has 0 aliphatic rings. The third-order valence-corrected chi connectivity index (χ3v) is 4.21. The van der Waals surface area contributed by atoms with E-state index in [9.17, 15) is 9.59 Å².